The molecule has 3 atom stereocenters. The van der Waals surface area contributed by atoms with E-state index in [9.17, 15) is 24.0 Å². The van der Waals surface area contributed by atoms with Gasteiger partial charge in [-0.25, -0.2) is 4.98 Å². The van der Waals surface area contributed by atoms with Crippen LogP contribution in [0.25, 0.3) is 0 Å². The predicted octanol–water partition coefficient (Wildman–Crippen LogP) is 1.11. The first kappa shape index (κ1) is 32.6. The Morgan fingerprint density at radius 3 is 2.41 bits per heavy atom. The van der Waals surface area contributed by atoms with Crippen molar-refractivity contribution in [2.24, 2.45) is 0 Å². The van der Waals surface area contributed by atoms with E-state index in [1.165, 1.54) is 18.3 Å². The molecule has 1 spiro atoms. The third-order valence-corrected chi connectivity index (χ3v) is 8.72. The fraction of sp³-hybridized carbons (Fsp3) is 0.394. The molecule has 46 heavy (non-hydrogen) atoms. The van der Waals surface area contributed by atoms with Gasteiger partial charge in [0.05, 0.1) is 23.7 Å². The molecule has 0 saturated heterocycles. The Balaban J connectivity index is 1.36. The molecule has 5 N–H and O–H groups in total. The highest BCUT2D eigenvalue weighted by Crippen LogP contribution is 2.35. The minimum absolute atomic E-state index is 0.00520. The summed E-state index contributed by atoms with van der Waals surface area (Å²) < 4.78 is 5.78. The number of carbonyl (C=O) groups is 5. The average Bonchev–Trinajstić information content (AvgIpc) is 3.71. The van der Waals surface area contributed by atoms with Crippen molar-refractivity contribution in [1.82, 2.24) is 31.6 Å². The Labute approximate surface area is 271 Å². The maximum absolute atomic E-state index is 13.5. The van der Waals surface area contributed by atoms with Crippen LogP contribution in [0.15, 0.2) is 60.0 Å². The lowest BCUT2D eigenvalue weighted by Crippen LogP contribution is -2.59. The van der Waals surface area contributed by atoms with E-state index in [1.54, 1.807) is 29.6 Å². The second-order valence-corrected chi connectivity index (χ2v) is 12.7. The Bertz CT molecular complexity index is 1570. The minimum Gasteiger partial charge on any atom is -0.492 e. The number of thiazole rings is 1. The molecule has 0 unspecified atom stereocenters. The van der Waals surface area contributed by atoms with E-state index < -0.39 is 41.4 Å². The zero-order valence-corrected chi connectivity index (χ0v) is 26.6. The molecular weight excluding hydrogens is 608 g/mol. The molecule has 2 aromatic carbocycles. The number of aryl methyl sites for hydroxylation is 1. The number of nitrogens with one attached hydrogen (secondary N) is 5. The van der Waals surface area contributed by atoms with Crippen LogP contribution in [0.2, 0.25) is 0 Å². The van der Waals surface area contributed by atoms with Crippen molar-refractivity contribution in [3.8, 4) is 5.75 Å². The van der Waals surface area contributed by atoms with Crippen LogP contribution in [0, 0.1) is 6.92 Å². The van der Waals surface area contributed by atoms with Gasteiger partial charge in [0, 0.05) is 18.2 Å². The SMILES string of the molecule is Cc1nc(CC(=O)N[C@H]2Cc3ccc(cc3)OCCNC(=O)C3(CC3)NC(=O)[C@@H](Cc3ccccc3)NC(=O)[C@H](C)NC2=O)cs1. The highest BCUT2D eigenvalue weighted by molar-refractivity contribution is 7.09. The number of ether oxygens (including phenoxy) is 1. The normalized spacial score (nSPS) is 22.1. The number of hydrogen-bond acceptors (Lipinski definition) is 8. The molecule has 0 radical (unpaired) electrons. The summed E-state index contributed by atoms with van der Waals surface area (Å²) in [5.74, 6) is -1.77. The Morgan fingerprint density at radius 2 is 1.74 bits per heavy atom. The summed E-state index contributed by atoms with van der Waals surface area (Å²) in [4.78, 5) is 70.8. The molecule has 3 aliphatic rings. The number of fused-ring (bicyclic) bond motifs is 15. The molecule has 2 bridgehead atoms. The molecule has 3 aromatic rings. The van der Waals surface area contributed by atoms with Gasteiger partial charge < -0.3 is 31.3 Å². The van der Waals surface area contributed by atoms with Crippen LogP contribution in [-0.2, 0) is 43.2 Å². The van der Waals surface area contributed by atoms with Gasteiger partial charge in [-0.1, -0.05) is 42.5 Å². The van der Waals surface area contributed by atoms with Gasteiger partial charge in [-0.3, -0.25) is 24.0 Å². The molecule has 5 amide bonds. The Kier molecular flexibility index (Phi) is 10.3. The largest absolute Gasteiger partial charge is 0.492 e. The van der Waals surface area contributed by atoms with Gasteiger partial charge in [-0.15, -0.1) is 11.3 Å². The van der Waals surface area contributed by atoms with E-state index in [2.05, 4.69) is 31.6 Å². The van der Waals surface area contributed by atoms with Crippen LogP contribution in [0.4, 0.5) is 0 Å². The fourth-order valence-corrected chi connectivity index (χ4v) is 5.77. The second kappa shape index (κ2) is 14.5. The first-order valence-corrected chi connectivity index (χ1v) is 16.2. The summed E-state index contributed by atoms with van der Waals surface area (Å²) in [6, 6.07) is 13.2. The molecule has 1 aliphatic carbocycles. The lowest BCUT2D eigenvalue weighted by molar-refractivity contribution is -0.134. The van der Waals surface area contributed by atoms with Crippen LogP contribution >= 0.6 is 11.3 Å². The van der Waals surface area contributed by atoms with Gasteiger partial charge in [0.15, 0.2) is 0 Å². The van der Waals surface area contributed by atoms with Crippen molar-refractivity contribution in [2.45, 2.75) is 69.6 Å². The van der Waals surface area contributed by atoms with Crippen LogP contribution in [0.3, 0.4) is 0 Å². The van der Waals surface area contributed by atoms with Crippen LogP contribution in [-0.4, -0.2) is 71.3 Å². The van der Waals surface area contributed by atoms with Crippen molar-refractivity contribution in [1.29, 1.82) is 0 Å². The summed E-state index contributed by atoms with van der Waals surface area (Å²) in [5.41, 5.74) is 1.12. The summed E-state index contributed by atoms with van der Waals surface area (Å²) >= 11 is 1.43. The molecular formula is C33H38N6O6S. The van der Waals surface area contributed by atoms with Crippen LogP contribution < -0.4 is 31.3 Å². The predicted molar refractivity (Wildman–Crippen MR) is 171 cm³/mol. The van der Waals surface area contributed by atoms with Crippen LogP contribution in [0.5, 0.6) is 5.75 Å². The molecule has 6 rings (SSSR count). The standard InChI is InChI=1S/C33H38N6O6S/c1-20-29(41)38-27(16-22-6-4-3-5-7-22)31(43)39-33(12-13-33)32(44)34-14-15-45-25-10-8-23(9-11-25)17-26(30(42)35-20)37-28(40)18-24-19-46-21(2)36-24/h3-11,19-20,26-27H,12-18H2,1-2H3,(H,34,44)(H,35,42)(H,37,40)(H,38,41)(H,39,43)/t20-,26-,27+/m0/s1. The quantitative estimate of drug-likeness (QED) is 0.259. The van der Waals surface area contributed by atoms with E-state index in [1.807, 2.05) is 37.3 Å². The Hall–Kier alpha value is -4.78. The van der Waals surface area contributed by atoms with Gasteiger partial charge in [0.25, 0.3) is 0 Å². The smallest absolute Gasteiger partial charge is 0.245 e. The summed E-state index contributed by atoms with van der Waals surface area (Å²) in [6.45, 7) is 3.79. The molecule has 2 aliphatic heterocycles. The molecule has 13 heteroatoms. The average molecular weight is 647 g/mol. The number of carbonyl (C=O) groups excluding carboxylic acids is 5. The lowest BCUT2D eigenvalue weighted by Gasteiger charge is -2.25. The van der Waals surface area contributed by atoms with Gasteiger partial charge in [0.1, 0.15) is 36.0 Å². The molecule has 1 aromatic heterocycles. The summed E-state index contributed by atoms with van der Waals surface area (Å²) in [6.07, 6.45) is 1.28. The number of amides is 5. The molecule has 3 heterocycles. The van der Waals surface area contributed by atoms with Crippen molar-refractivity contribution in [3.05, 3.63) is 81.8 Å². The zero-order chi connectivity index (χ0) is 32.7. The van der Waals surface area contributed by atoms with Crippen LogP contribution in [0.1, 0.15) is 41.6 Å². The van der Waals surface area contributed by atoms with Crippen molar-refractivity contribution < 1.29 is 28.7 Å². The van der Waals surface area contributed by atoms with E-state index in [4.69, 9.17) is 4.74 Å². The molecule has 1 fully saturated rings. The minimum atomic E-state index is -1.05. The molecule has 12 nitrogen and oxygen atoms in total. The van der Waals surface area contributed by atoms with Gasteiger partial charge in [-0.05, 0) is 49.9 Å². The zero-order valence-electron chi connectivity index (χ0n) is 25.8. The monoisotopic (exact) mass is 646 g/mol. The second-order valence-electron chi connectivity index (χ2n) is 11.7. The summed E-state index contributed by atoms with van der Waals surface area (Å²) in [7, 11) is 0. The maximum Gasteiger partial charge on any atom is 0.245 e. The third-order valence-electron chi connectivity index (χ3n) is 7.89. The van der Waals surface area contributed by atoms with Crippen molar-refractivity contribution in [2.75, 3.05) is 13.2 Å². The number of aromatic nitrogens is 1. The summed E-state index contributed by atoms with van der Waals surface area (Å²) in [5, 5.41) is 16.6. The molecule has 1 saturated carbocycles. The van der Waals surface area contributed by atoms with Crippen molar-refractivity contribution in [3.63, 3.8) is 0 Å². The number of nitrogens with zero attached hydrogens (tertiary/aromatic N) is 1. The first-order chi connectivity index (χ1) is 22.1. The van der Waals surface area contributed by atoms with Gasteiger partial charge in [0.2, 0.25) is 29.5 Å². The van der Waals surface area contributed by atoms with Gasteiger partial charge >= 0.3 is 0 Å². The highest BCUT2D eigenvalue weighted by Gasteiger charge is 2.51. The van der Waals surface area contributed by atoms with E-state index >= 15 is 0 Å². The number of rotatable bonds is 5. The fourth-order valence-electron chi connectivity index (χ4n) is 5.16. The number of benzene rings is 2. The van der Waals surface area contributed by atoms with Crippen molar-refractivity contribution >= 4 is 40.9 Å². The third kappa shape index (κ3) is 8.68. The van der Waals surface area contributed by atoms with E-state index in [-0.39, 0.29) is 44.2 Å². The van der Waals surface area contributed by atoms with Gasteiger partial charge in [-0.2, -0.15) is 0 Å². The molecule has 242 valence electrons. The first-order valence-electron chi connectivity index (χ1n) is 15.3. The van der Waals surface area contributed by atoms with E-state index in [0.717, 1.165) is 16.1 Å². The maximum atomic E-state index is 13.5. The highest BCUT2D eigenvalue weighted by atomic mass is 32.1. The Morgan fingerprint density at radius 1 is 1.00 bits per heavy atom. The number of hydrogen-bond donors (Lipinski definition) is 5. The lowest BCUT2D eigenvalue weighted by atomic mass is 10.0. The van der Waals surface area contributed by atoms with E-state index in [0.29, 0.717) is 24.3 Å². The topological polar surface area (TPSA) is 168 Å².